The smallest absolute Gasteiger partial charge is 0.192 e. The summed E-state index contributed by atoms with van der Waals surface area (Å²) in [6.45, 7) is 3.79. The van der Waals surface area contributed by atoms with Crippen LogP contribution in [-0.4, -0.2) is 16.0 Å². The summed E-state index contributed by atoms with van der Waals surface area (Å²) >= 11 is 1.57. The van der Waals surface area contributed by atoms with Crippen molar-refractivity contribution in [2.24, 2.45) is 0 Å². The molecule has 0 amide bonds. The molecule has 0 N–H and O–H groups in total. The van der Waals surface area contributed by atoms with E-state index in [9.17, 15) is 0 Å². The van der Waals surface area contributed by atoms with Gasteiger partial charge in [0, 0.05) is 13.3 Å². The number of benzene rings is 1. The van der Waals surface area contributed by atoms with Crippen molar-refractivity contribution in [3.8, 4) is 6.07 Å². The first-order valence-corrected chi connectivity index (χ1v) is 6.61. The number of fused-ring (bicyclic) bond motifs is 1. The minimum atomic E-state index is -0.382. The average molecular weight is 246 g/mol. The molecule has 3 nitrogen and oxygen atoms in total. The topological polar surface area (TPSA) is 49.8 Å². The number of nitriles is 1. The largest absolute Gasteiger partial charge is 0.441 e. The monoisotopic (exact) mass is 246 g/mol. The minimum absolute atomic E-state index is 0.382. The quantitative estimate of drug-likeness (QED) is 0.833. The van der Waals surface area contributed by atoms with Gasteiger partial charge in [0.05, 0.1) is 6.07 Å². The van der Waals surface area contributed by atoms with Crippen LogP contribution in [0.3, 0.4) is 0 Å². The molecule has 0 saturated carbocycles. The maximum atomic E-state index is 9.16. The Morgan fingerprint density at radius 3 is 2.94 bits per heavy atom. The summed E-state index contributed by atoms with van der Waals surface area (Å²) in [4.78, 5) is 4.30. The van der Waals surface area contributed by atoms with E-state index < -0.39 is 0 Å². The van der Waals surface area contributed by atoms with E-state index in [1.807, 2.05) is 38.3 Å². The summed E-state index contributed by atoms with van der Waals surface area (Å²) in [6.07, 6.45) is 2.68. The fourth-order valence-electron chi connectivity index (χ4n) is 1.75. The molecular weight excluding hydrogens is 232 g/mol. The third kappa shape index (κ3) is 2.45. The van der Waals surface area contributed by atoms with Crippen LogP contribution in [0.2, 0.25) is 0 Å². The van der Waals surface area contributed by atoms with Crippen molar-refractivity contribution < 1.29 is 4.42 Å². The molecule has 4 heteroatoms. The van der Waals surface area contributed by atoms with Crippen LogP contribution in [0.25, 0.3) is 11.1 Å². The Hall–Kier alpha value is -1.47. The molecule has 0 radical (unpaired) electrons. The first kappa shape index (κ1) is 12.0. The van der Waals surface area contributed by atoms with Crippen molar-refractivity contribution in [3.63, 3.8) is 0 Å². The summed E-state index contributed by atoms with van der Waals surface area (Å²) in [5, 5.41) is 9.16. The van der Waals surface area contributed by atoms with E-state index in [0.717, 1.165) is 16.7 Å². The molecule has 1 aromatic carbocycles. The van der Waals surface area contributed by atoms with Crippen molar-refractivity contribution in [2.75, 3.05) is 6.26 Å². The van der Waals surface area contributed by atoms with Gasteiger partial charge in [0.15, 0.2) is 11.5 Å². The number of hydrogen-bond donors (Lipinski definition) is 0. The Labute approximate surface area is 105 Å². The number of thioether (sulfide) groups is 1. The number of rotatable bonds is 3. The van der Waals surface area contributed by atoms with E-state index in [1.54, 1.807) is 11.8 Å². The van der Waals surface area contributed by atoms with Crippen LogP contribution < -0.4 is 0 Å². The number of oxazole rings is 1. The SMILES string of the molecule is CSC(C)(C#N)Cc1ccc2oc(C)nc2c1. The maximum absolute atomic E-state index is 9.16. The van der Waals surface area contributed by atoms with E-state index in [0.29, 0.717) is 12.3 Å². The molecule has 2 aromatic rings. The first-order chi connectivity index (χ1) is 8.06. The molecular formula is C13H14N2OS. The summed E-state index contributed by atoms with van der Waals surface area (Å²) in [5.74, 6) is 0.671. The molecule has 0 aliphatic rings. The predicted octanol–water partition coefficient (Wildman–Crippen LogP) is 3.32. The van der Waals surface area contributed by atoms with Crippen LogP contribution in [0, 0.1) is 18.3 Å². The second kappa shape index (κ2) is 4.42. The van der Waals surface area contributed by atoms with E-state index >= 15 is 0 Å². The van der Waals surface area contributed by atoms with Crippen LogP contribution >= 0.6 is 11.8 Å². The fraction of sp³-hybridized carbons (Fsp3) is 0.385. The Morgan fingerprint density at radius 2 is 2.29 bits per heavy atom. The highest BCUT2D eigenvalue weighted by Gasteiger charge is 2.23. The van der Waals surface area contributed by atoms with E-state index in [2.05, 4.69) is 11.1 Å². The van der Waals surface area contributed by atoms with Crippen LogP contribution in [0.15, 0.2) is 22.6 Å². The number of aryl methyl sites for hydroxylation is 1. The zero-order valence-electron chi connectivity index (χ0n) is 10.2. The van der Waals surface area contributed by atoms with Gasteiger partial charge in [0.2, 0.25) is 0 Å². The molecule has 1 atom stereocenters. The van der Waals surface area contributed by atoms with Crippen LogP contribution in [0.5, 0.6) is 0 Å². The fourth-order valence-corrected chi connectivity index (χ4v) is 2.15. The Bertz CT molecular complexity index is 585. The van der Waals surface area contributed by atoms with Crippen molar-refractivity contribution in [2.45, 2.75) is 25.0 Å². The Morgan fingerprint density at radius 1 is 1.53 bits per heavy atom. The summed E-state index contributed by atoms with van der Waals surface area (Å²) < 4.78 is 5.04. The second-order valence-electron chi connectivity index (χ2n) is 4.26. The lowest BCUT2D eigenvalue weighted by atomic mass is 10.0. The second-order valence-corrected chi connectivity index (χ2v) is 5.57. The highest BCUT2D eigenvalue weighted by molar-refractivity contribution is 8.00. The van der Waals surface area contributed by atoms with Crippen LogP contribution in [0.4, 0.5) is 0 Å². The molecule has 0 aliphatic heterocycles. The first-order valence-electron chi connectivity index (χ1n) is 5.39. The zero-order valence-corrected chi connectivity index (χ0v) is 11.0. The van der Waals surface area contributed by atoms with Gasteiger partial charge in [-0.3, -0.25) is 0 Å². The van der Waals surface area contributed by atoms with Crippen molar-refractivity contribution in [1.82, 2.24) is 4.98 Å². The number of aromatic nitrogens is 1. The normalized spacial score (nSPS) is 14.5. The summed E-state index contributed by atoms with van der Waals surface area (Å²) in [7, 11) is 0. The third-order valence-electron chi connectivity index (χ3n) is 2.79. The van der Waals surface area contributed by atoms with E-state index in [4.69, 9.17) is 9.68 Å². The van der Waals surface area contributed by atoms with E-state index in [-0.39, 0.29) is 4.75 Å². The standard InChI is InChI=1S/C13H14N2OS/c1-9-15-11-6-10(4-5-12(11)16-9)7-13(2,8-14)17-3/h4-6H,7H2,1-3H3. The van der Waals surface area contributed by atoms with Gasteiger partial charge in [0.25, 0.3) is 0 Å². The van der Waals surface area contributed by atoms with Crippen molar-refractivity contribution >= 4 is 22.9 Å². The molecule has 0 spiro atoms. The molecule has 0 bridgehead atoms. The van der Waals surface area contributed by atoms with Crippen LogP contribution in [0.1, 0.15) is 18.4 Å². The highest BCUT2D eigenvalue weighted by atomic mass is 32.2. The molecule has 88 valence electrons. The molecule has 1 aromatic heterocycles. The van der Waals surface area contributed by atoms with Gasteiger partial charge in [-0.15, -0.1) is 11.8 Å². The molecule has 1 heterocycles. The lowest BCUT2D eigenvalue weighted by Crippen LogP contribution is -2.20. The Kier molecular flexibility index (Phi) is 3.12. The molecule has 17 heavy (non-hydrogen) atoms. The van der Waals surface area contributed by atoms with Gasteiger partial charge in [-0.2, -0.15) is 5.26 Å². The van der Waals surface area contributed by atoms with Gasteiger partial charge < -0.3 is 4.42 Å². The predicted molar refractivity (Wildman–Crippen MR) is 70.0 cm³/mol. The summed E-state index contributed by atoms with van der Waals surface area (Å²) in [6, 6.07) is 8.26. The van der Waals surface area contributed by atoms with Gasteiger partial charge in [0.1, 0.15) is 10.3 Å². The van der Waals surface area contributed by atoms with Crippen molar-refractivity contribution in [1.29, 1.82) is 5.26 Å². The van der Waals surface area contributed by atoms with E-state index in [1.165, 1.54) is 0 Å². The molecule has 2 rings (SSSR count). The van der Waals surface area contributed by atoms with Gasteiger partial charge in [-0.1, -0.05) is 6.07 Å². The molecule has 1 unspecified atom stereocenters. The van der Waals surface area contributed by atoms with Gasteiger partial charge >= 0.3 is 0 Å². The lowest BCUT2D eigenvalue weighted by molar-refractivity contribution is 0.561. The third-order valence-corrected chi connectivity index (χ3v) is 3.92. The van der Waals surface area contributed by atoms with Crippen LogP contribution in [-0.2, 0) is 6.42 Å². The average Bonchev–Trinajstić information content (AvgIpc) is 2.68. The molecule has 0 aliphatic carbocycles. The number of nitrogens with zero attached hydrogens (tertiary/aromatic N) is 2. The van der Waals surface area contributed by atoms with Gasteiger partial charge in [-0.25, -0.2) is 4.98 Å². The zero-order chi connectivity index (χ0) is 12.5. The Balaban J connectivity index is 2.34. The molecule has 0 fully saturated rings. The highest BCUT2D eigenvalue weighted by Crippen LogP contribution is 2.27. The lowest BCUT2D eigenvalue weighted by Gasteiger charge is -2.18. The van der Waals surface area contributed by atoms with Gasteiger partial charge in [-0.05, 0) is 30.9 Å². The number of hydrogen-bond acceptors (Lipinski definition) is 4. The minimum Gasteiger partial charge on any atom is -0.441 e. The van der Waals surface area contributed by atoms with Crippen molar-refractivity contribution in [3.05, 3.63) is 29.7 Å². The molecule has 0 saturated heterocycles. The summed E-state index contributed by atoms with van der Waals surface area (Å²) in [5.41, 5.74) is 2.78. The maximum Gasteiger partial charge on any atom is 0.192 e.